The van der Waals surface area contributed by atoms with Crippen LogP contribution in [0.2, 0.25) is 5.02 Å². The van der Waals surface area contributed by atoms with Crippen LogP contribution in [-0.4, -0.2) is 19.0 Å². The molecule has 1 N–H and O–H groups in total. The summed E-state index contributed by atoms with van der Waals surface area (Å²) in [6.45, 7) is 6.64. The minimum Gasteiger partial charge on any atom is -0.372 e. The van der Waals surface area contributed by atoms with E-state index in [1.165, 1.54) is 18.5 Å². The third-order valence-corrected chi connectivity index (χ3v) is 5.73. The van der Waals surface area contributed by atoms with Crippen LogP contribution in [0.5, 0.6) is 0 Å². The highest BCUT2D eigenvalue weighted by Gasteiger charge is 2.16. The van der Waals surface area contributed by atoms with Gasteiger partial charge in [0, 0.05) is 30.2 Å². The second-order valence-electron chi connectivity index (χ2n) is 7.68. The summed E-state index contributed by atoms with van der Waals surface area (Å²) in [6, 6.07) is 16.3. The number of benzene rings is 2. The number of amides is 1. The highest BCUT2D eigenvalue weighted by Crippen LogP contribution is 2.24. The minimum absolute atomic E-state index is 0.0122. The predicted molar refractivity (Wildman–Crippen MR) is 113 cm³/mol. The maximum atomic E-state index is 12.3. The second-order valence-corrected chi connectivity index (χ2v) is 8.11. The van der Waals surface area contributed by atoms with Crippen LogP contribution in [0.15, 0.2) is 48.5 Å². The zero-order chi connectivity index (χ0) is 19.2. The van der Waals surface area contributed by atoms with E-state index in [0.717, 1.165) is 41.6 Å². The zero-order valence-electron chi connectivity index (χ0n) is 16.2. The minimum atomic E-state index is 0.0122. The van der Waals surface area contributed by atoms with Crippen molar-refractivity contribution >= 4 is 23.2 Å². The van der Waals surface area contributed by atoms with E-state index in [1.807, 2.05) is 31.2 Å². The smallest absolute Gasteiger partial charge is 0.220 e. The van der Waals surface area contributed by atoms with Gasteiger partial charge in [0.05, 0.1) is 6.04 Å². The Kier molecular flexibility index (Phi) is 6.78. The SMILES string of the molecule is CC1CCN(c2ccc([C@H](C)NC(=O)CCc3ccc(Cl)cc3)cc2)CC1. The van der Waals surface area contributed by atoms with Gasteiger partial charge in [-0.3, -0.25) is 4.79 Å². The van der Waals surface area contributed by atoms with Gasteiger partial charge < -0.3 is 10.2 Å². The average Bonchev–Trinajstić information content (AvgIpc) is 2.68. The molecule has 4 heteroatoms. The predicted octanol–water partition coefficient (Wildman–Crippen LogP) is 5.39. The number of halogens is 1. The highest BCUT2D eigenvalue weighted by atomic mass is 35.5. The lowest BCUT2D eigenvalue weighted by molar-refractivity contribution is -0.121. The van der Waals surface area contributed by atoms with E-state index in [0.29, 0.717) is 6.42 Å². The van der Waals surface area contributed by atoms with Crippen LogP contribution < -0.4 is 10.2 Å². The Labute approximate surface area is 167 Å². The summed E-state index contributed by atoms with van der Waals surface area (Å²) < 4.78 is 0. The largest absolute Gasteiger partial charge is 0.372 e. The van der Waals surface area contributed by atoms with Gasteiger partial charge in [-0.05, 0) is 67.5 Å². The highest BCUT2D eigenvalue weighted by molar-refractivity contribution is 6.30. The van der Waals surface area contributed by atoms with Crippen molar-refractivity contribution < 1.29 is 4.79 Å². The van der Waals surface area contributed by atoms with Crippen molar-refractivity contribution in [3.63, 3.8) is 0 Å². The lowest BCUT2D eigenvalue weighted by Gasteiger charge is -2.32. The van der Waals surface area contributed by atoms with Crippen LogP contribution >= 0.6 is 11.6 Å². The molecule has 0 aromatic heterocycles. The molecule has 1 atom stereocenters. The summed E-state index contributed by atoms with van der Waals surface area (Å²) in [4.78, 5) is 14.7. The van der Waals surface area contributed by atoms with Crippen LogP contribution in [0.3, 0.4) is 0 Å². The zero-order valence-corrected chi connectivity index (χ0v) is 17.0. The normalized spacial score (nSPS) is 16.2. The van der Waals surface area contributed by atoms with Gasteiger partial charge in [-0.1, -0.05) is 42.8 Å². The van der Waals surface area contributed by atoms with Crippen molar-refractivity contribution in [2.75, 3.05) is 18.0 Å². The number of nitrogens with zero attached hydrogens (tertiary/aromatic N) is 1. The third-order valence-electron chi connectivity index (χ3n) is 5.47. The third kappa shape index (κ3) is 5.74. The molecule has 0 aliphatic carbocycles. The maximum absolute atomic E-state index is 12.3. The molecule has 1 fully saturated rings. The van der Waals surface area contributed by atoms with Crippen molar-refractivity contribution in [2.24, 2.45) is 5.92 Å². The van der Waals surface area contributed by atoms with Gasteiger partial charge in [0.25, 0.3) is 0 Å². The number of carbonyl (C=O) groups is 1. The summed E-state index contributed by atoms with van der Waals surface area (Å²) in [6.07, 6.45) is 3.74. The Morgan fingerprint density at radius 2 is 1.74 bits per heavy atom. The van der Waals surface area contributed by atoms with Gasteiger partial charge in [-0.25, -0.2) is 0 Å². The fraction of sp³-hybridized carbons (Fsp3) is 0.435. The number of hydrogen-bond donors (Lipinski definition) is 1. The molecule has 27 heavy (non-hydrogen) atoms. The quantitative estimate of drug-likeness (QED) is 0.724. The fourth-order valence-electron chi connectivity index (χ4n) is 3.55. The molecule has 1 amide bonds. The monoisotopic (exact) mass is 384 g/mol. The van der Waals surface area contributed by atoms with Crippen LogP contribution in [0.4, 0.5) is 5.69 Å². The van der Waals surface area contributed by atoms with Crippen molar-refractivity contribution in [1.29, 1.82) is 0 Å². The van der Waals surface area contributed by atoms with Gasteiger partial charge in [0.1, 0.15) is 0 Å². The number of piperidine rings is 1. The molecule has 1 aliphatic rings. The lowest BCUT2D eigenvalue weighted by Crippen LogP contribution is -2.32. The molecule has 3 rings (SSSR count). The maximum Gasteiger partial charge on any atom is 0.220 e. The lowest BCUT2D eigenvalue weighted by atomic mass is 9.98. The fourth-order valence-corrected chi connectivity index (χ4v) is 3.67. The number of aryl methyl sites for hydroxylation is 1. The number of carbonyl (C=O) groups excluding carboxylic acids is 1. The summed E-state index contributed by atoms with van der Waals surface area (Å²) in [5.41, 5.74) is 3.55. The molecule has 1 heterocycles. The van der Waals surface area contributed by atoms with Crippen LogP contribution in [-0.2, 0) is 11.2 Å². The molecule has 2 aromatic carbocycles. The molecule has 0 bridgehead atoms. The molecular formula is C23H29ClN2O. The van der Waals surface area contributed by atoms with Gasteiger partial charge in [-0.2, -0.15) is 0 Å². The van der Waals surface area contributed by atoms with Gasteiger partial charge >= 0.3 is 0 Å². The van der Waals surface area contributed by atoms with Gasteiger partial charge in [-0.15, -0.1) is 0 Å². The molecule has 0 radical (unpaired) electrons. The number of hydrogen-bond acceptors (Lipinski definition) is 2. The van der Waals surface area contributed by atoms with E-state index < -0.39 is 0 Å². The van der Waals surface area contributed by atoms with E-state index in [2.05, 4.69) is 41.4 Å². The van der Waals surface area contributed by atoms with Crippen molar-refractivity contribution in [3.05, 3.63) is 64.7 Å². The molecule has 0 saturated carbocycles. The molecule has 0 unspecified atom stereocenters. The van der Waals surface area contributed by atoms with Gasteiger partial charge in [0.15, 0.2) is 0 Å². The van der Waals surface area contributed by atoms with E-state index in [9.17, 15) is 4.79 Å². The average molecular weight is 385 g/mol. The Bertz CT molecular complexity index is 734. The Hall–Kier alpha value is -2.00. The second kappa shape index (κ2) is 9.27. The standard InChI is InChI=1S/C23H29ClN2O/c1-17-13-15-26(16-14-17)22-10-6-20(7-11-22)18(2)25-23(27)12-5-19-3-8-21(24)9-4-19/h3-4,6-11,17-18H,5,12-16H2,1-2H3,(H,25,27)/t18-/m0/s1. The molecular weight excluding hydrogens is 356 g/mol. The van der Waals surface area contributed by atoms with Crippen molar-refractivity contribution in [2.45, 2.75) is 45.6 Å². The first-order valence-electron chi connectivity index (χ1n) is 9.90. The first-order chi connectivity index (χ1) is 13.0. The summed E-state index contributed by atoms with van der Waals surface area (Å²) in [7, 11) is 0. The van der Waals surface area contributed by atoms with E-state index in [-0.39, 0.29) is 11.9 Å². The van der Waals surface area contributed by atoms with E-state index in [4.69, 9.17) is 11.6 Å². The van der Waals surface area contributed by atoms with Crippen LogP contribution in [0, 0.1) is 5.92 Å². The first-order valence-corrected chi connectivity index (χ1v) is 10.3. The molecule has 2 aromatic rings. The summed E-state index contributed by atoms with van der Waals surface area (Å²) in [5.74, 6) is 0.912. The van der Waals surface area contributed by atoms with Crippen molar-refractivity contribution in [1.82, 2.24) is 5.32 Å². The molecule has 1 saturated heterocycles. The van der Waals surface area contributed by atoms with E-state index in [1.54, 1.807) is 0 Å². The summed E-state index contributed by atoms with van der Waals surface area (Å²) >= 11 is 5.90. The topological polar surface area (TPSA) is 32.3 Å². The molecule has 3 nitrogen and oxygen atoms in total. The number of rotatable bonds is 6. The van der Waals surface area contributed by atoms with Crippen LogP contribution in [0.1, 0.15) is 50.3 Å². The van der Waals surface area contributed by atoms with E-state index >= 15 is 0 Å². The Morgan fingerprint density at radius 1 is 1.11 bits per heavy atom. The molecule has 0 spiro atoms. The number of nitrogens with one attached hydrogen (secondary N) is 1. The first kappa shape index (κ1) is 19.8. The Morgan fingerprint density at radius 3 is 2.37 bits per heavy atom. The Balaban J connectivity index is 1.49. The number of anilines is 1. The molecule has 144 valence electrons. The van der Waals surface area contributed by atoms with Crippen LogP contribution in [0.25, 0.3) is 0 Å². The molecule has 1 aliphatic heterocycles. The van der Waals surface area contributed by atoms with Gasteiger partial charge in [0.2, 0.25) is 5.91 Å². The summed E-state index contributed by atoms with van der Waals surface area (Å²) in [5, 5.41) is 3.83. The van der Waals surface area contributed by atoms with Crippen molar-refractivity contribution in [3.8, 4) is 0 Å².